The van der Waals surface area contributed by atoms with Gasteiger partial charge >= 0.3 is 20.2 Å². The Hall–Kier alpha value is -6.29. The lowest BCUT2D eigenvalue weighted by Crippen LogP contribution is -2.34. The molecule has 2 atom stereocenters. The van der Waals surface area contributed by atoms with Crippen LogP contribution in [0.3, 0.4) is 0 Å². The Morgan fingerprint density at radius 3 is 1.92 bits per heavy atom. The molecule has 3 N–H and O–H groups in total. The van der Waals surface area contributed by atoms with Crippen molar-refractivity contribution in [2.45, 2.75) is 41.1 Å². The largest absolute Gasteiger partial charge is 0.497 e. The Bertz CT molecular complexity index is 2740. The van der Waals surface area contributed by atoms with Crippen molar-refractivity contribution < 1.29 is 59.1 Å². The number of rotatable bonds is 15. The minimum atomic E-state index is -4.61. The lowest BCUT2D eigenvalue weighted by molar-refractivity contribution is -0.172. The van der Waals surface area contributed by atoms with E-state index in [1.807, 2.05) is 36.4 Å². The molecular formula is C42H41N5O13S2. The number of hydrogen-bond donors (Lipinski definition) is 2. The zero-order valence-electron chi connectivity index (χ0n) is 33.6. The maximum absolute atomic E-state index is 14.0. The molecule has 0 spiro atoms. The third kappa shape index (κ3) is 8.35. The van der Waals surface area contributed by atoms with Crippen molar-refractivity contribution in [3.05, 3.63) is 107 Å². The first-order valence-electron chi connectivity index (χ1n) is 19.2. The Kier molecular flexibility index (Phi) is 11.8. The van der Waals surface area contributed by atoms with Crippen molar-refractivity contribution in [1.82, 2.24) is 9.80 Å². The quantitative estimate of drug-likeness (QED) is 0.0668. The normalized spacial score (nSPS) is 18.1. The summed E-state index contributed by atoms with van der Waals surface area (Å²) < 4.78 is 79.5. The minimum Gasteiger partial charge on any atom is -0.497 e. The van der Waals surface area contributed by atoms with Gasteiger partial charge in [-0.2, -0.15) is 16.8 Å². The van der Waals surface area contributed by atoms with Gasteiger partial charge < -0.3 is 35.1 Å². The molecule has 0 bridgehead atoms. The number of nitrogen functional groups attached to an aromatic ring is 1. The van der Waals surface area contributed by atoms with E-state index in [0.717, 1.165) is 42.6 Å². The van der Waals surface area contributed by atoms with E-state index in [4.69, 9.17) is 19.9 Å². The number of aliphatic imine (C=N–C) groups is 1. The first-order valence-corrected chi connectivity index (χ1v) is 22.0. The van der Waals surface area contributed by atoms with Gasteiger partial charge in [-0.3, -0.25) is 14.6 Å². The molecule has 20 heteroatoms. The summed E-state index contributed by atoms with van der Waals surface area (Å²) in [5.74, 6) is -0.535. The Labute approximate surface area is 357 Å². The van der Waals surface area contributed by atoms with Gasteiger partial charge in [-0.1, -0.05) is 24.3 Å². The van der Waals surface area contributed by atoms with Gasteiger partial charge in [0.2, 0.25) is 0 Å². The third-order valence-corrected chi connectivity index (χ3v) is 13.0. The molecule has 0 radical (unpaired) electrons. The van der Waals surface area contributed by atoms with Gasteiger partial charge in [0, 0.05) is 55.8 Å². The van der Waals surface area contributed by atoms with Gasteiger partial charge in [-0.15, -0.1) is 8.67 Å². The van der Waals surface area contributed by atoms with Crippen LogP contribution in [0.5, 0.6) is 17.2 Å². The second-order valence-electron chi connectivity index (χ2n) is 14.5. The molecule has 4 aromatic rings. The number of carbonyl (C=O) groups excluding carboxylic acids is 2. The number of nitrogens with one attached hydrogen (secondary N) is 1. The molecule has 62 heavy (non-hydrogen) atoms. The van der Waals surface area contributed by atoms with Crippen molar-refractivity contribution in [3.63, 3.8) is 0 Å². The fourth-order valence-corrected chi connectivity index (χ4v) is 9.37. The van der Waals surface area contributed by atoms with Crippen LogP contribution in [0.15, 0.2) is 100.0 Å². The number of carbonyl (C=O) groups is 2. The number of anilines is 2. The van der Waals surface area contributed by atoms with Gasteiger partial charge in [0.25, 0.3) is 11.8 Å². The van der Waals surface area contributed by atoms with E-state index in [-0.39, 0.29) is 54.0 Å². The summed E-state index contributed by atoms with van der Waals surface area (Å²) >= 11 is 0. The van der Waals surface area contributed by atoms with Gasteiger partial charge in [0.05, 0.1) is 69.1 Å². The number of methoxy groups -OCH3 is 1. The zero-order chi connectivity index (χ0) is 43.8. The van der Waals surface area contributed by atoms with Crippen molar-refractivity contribution in [1.29, 1.82) is 0 Å². The first-order chi connectivity index (χ1) is 29.8. The molecule has 0 fully saturated rings. The zero-order valence-corrected chi connectivity index (χ0v) is 35.2. The molecule has 2 amide bonds. The van der Waals surface area contributed by atoms with Gasteiger partial charge in [0.1, 0.15) is 27.0 Å². The summed E-state index contributed by atoms with van der Waals surface area (Å²) in [4.78, 5) is 43.5. The van der Waals surface area contributed by atoms with Crippen LogP contribution in [0.25, 0.3) is 11.1 Å². The SMILES string of the molecule is COOS(=O)(=O)c1cc2c(cc1OCCCOc1cc3c(cc1S(=O)(=O)OOC)C(=O)N1C=C(c4ccc(OC)cc4)C[C@H]1CN3)N=C[C@@H]1CC(c3ccc(N)cc3)=CN1C2=O. The highest BCUT2D eigenvalue weighted by molar-refractivity contribution is 7.87. The van der Waals surface area contributed by atoms with Crippen LogP contribution in [0.4, 0.5) is 17.1 Å². The van der Waals surface area contributed by atoms with Crippen LogP contribution >= 0.6 is 0 Å². The number of nitrogens with two attached hydrogens (primary N) is 1. The van der Waals surface area contributed by atoms with E-state index in [0.29, 0.717) is 36.5 Å². The fourth-order valence-electron chi connectivity index (χ4n) is 7.61. The second kappa shape index (κ2) is 17.2. The highest BCUT2D eigenvalue weighted by Crippen LogP contribution is 2.41. The van der Waals surface area contributed by atoms with E-state index in [9.17, 15) is 26.4 Å². The van der Waals surface area contributed by atoms with Crippen molar-refractivity contribution in [2.24, 2.45) is 4.99 Å². The average molecular weight is 888 g/mol. The maximum atomic E-state index is 14.0. The average Bonchev–Trinajstić information content (AvgIpc) is 3.83. The van der Waals surface area contributed by atoms with Crippen LogP contribution < -0.4 is 25.3 Å². The van der Waals surface area contributed by atoms with Crippen LogP contribution in [0, 0.1) is 0 Å². The van der Waals surface area contributed by atoms with Crippen molar-refractivity contribution in [2.75, 3.05) is 52.1 Å². The molecule has 4 aliphatic rings. The van der Waals surface area contributed by atoms with Gasteiger partial charge in [-0.05, 0) is 65.1 Å². The number of fused-ring (bicyclic) bond motifs is 4. The minimum absolute atomic E-state index is 0.0102. The molecule has 0 saturated heterocycles. The summed E-state index contributed by atoms with van der Waals surface area (Å²) in [6.45, 7) is 0.0754. The summed E-state index contributed by atoms with van der Waals surface area (Å²) in [5.41, 5.74) is 10.6. The maximum Gasteiger partial charge on any atom is 0.326 e. The molecule has 0 aliphatic carbocycles. The number of benzene rings is 4. The molecule has 324 valence electrons. The van der Waals surface area contributed by atoms with Crippen molar-refractivity contribution in [3.8, 4) is 17.2 Å². The smallest absolute Gasteiger partial charge is 0.326 e. The lowest BCUT2D eigenvalue weighted by Gasteiger charge is -2.20. The molecule has 4 heterocycles. The number of ether oxygens (including phenoxy) is 3. The molecule has 4 aromatic carbocycles. The van der Waals surface area contributed by atoms with E-state index in [2.05, 4.69) is 28.8 Å². The Morgan fingerprint density at radius 1 is 0.726 bits per heavy atom. The molecule has 18 nitrogen and oxygen atoms in total. The van der Waals surface area contributed by atoms with E-state index >= 15 is 0 Å². The van der Waals surface area contributed by atoms with E-state index < -0.39 is 47.9 Å². The third-order valence-electron chi connectivity index (χ3n) is 10.6. The predicted molar refractivity (Wildman–Crippen MR) is 225 cm³/mol. The predicted octanol–water partition coefficient (Wildman–Crippen LogP) is 5.31. The second-order valence-corrected chi connectivity index (χ2v) is 17.4. The highest BCUT2D eigenvalue weighted by Gasteiger charge is 2.37. The first kappa shape index (κ1) is 42.4. The summed E-state index contributed by atoms with van der Waals surface area (Å²) in [6, 6.07) is 19.1. The van der Waals surface area contributed by atoms with Crippen molar-refractivity contribution >= 4 is 66.5 Å². The Balaban J connectivity index is 0.999. The van der Waals surface area contributed by atoms with Crippen LogP contribution in [-0.2, 0) is 38.7 Å². The van der Waals surface area contributed by atoms with Crippen LogP contribution in [0.1, 0.15) is 51.1 Å². The monoisotopic (exact) mass is 887 g/mol. The molecule has 4 aliphatic heterocycles. The topological polar surface area (TPSA) is 224 Å². The van der Waals surface area contributed by atoms with E-state index in [1.165, 1.54) is 23.1 Å². The van der Waals surface area contributed by atoms with Crippen LogP contribution in [-0.4, -0.2) is 97.8 Å². The molecule has 0 unspecified atom stereocenters. The number of hydrogen-bond acceptors (Lipinski definition) is 16. The summed E-state index contributed by atoms with van der Waals surface area (Å²) in [5, 5.41) is 3.27. The standard InChI is InChI=1S/C42H41N5O13S2/c1-54-32-11-7-26(8-12-32)28-16-31-22-45-36-20-38(40(62(52,53)60-56-3)18-34(36)42(49)47(31)24-28)58-14-4-13-57-37-19-35-33(17-39(37)61(50,51)59-55-2)41(48)46-23-27(15-30(46)21-44-35)25-5-9-29(43)10-6-25/h5-12,17-21,23-24,30-31,45H,4,13-16,22,43H2,1-3H3/t30-,31-/m0/s1. The van der Waals surface area contributed by atoms with Gasteiger partial charge in [-0.25, -0.2) is 9.78 Å². The summed E-state index contributed by atoms with van der Waals surface area (Å²) in [6.07, 6.45) is 6.21. The highest BCUT2D eigenvalue weighted by atomic mass is 32.2. The number of nitrogens with zero attached hydrogens (tertiary/aromatic N) is 3. The van der Waals surface area contributed by atoms with Gasteiger partial charge in [0.15, 0.2) is 0 Å². The number of amides is 2. The molecule has 0 saturated carbocycles. The molecule has 8 rings (SSSR count). The lowest BCUT2D eigenvalue weighted by atomic mass is 10.0. The fraction of sp³-hybridized carbons (Fsp3) is 0.262. The Morgan fingerprint density at radius 2 is 1.29 bits per heavy atom. The molecular weight excluding hydrogens is 847 g/mol. The summed E-state index contributed by atoms with van der Waals surface area (Å²) in [7, 11) is -5.58. The van der Waals surface area contributed by atoms with Crippen LogP contribution in [0.2, 0.25) is 0 Å². The molecule has 0 aromatic heterocycles. The van der Waals surface area contributed by atoms with E-state index in [1.54, 1.807) is 42.8 Å².